The lowest BCUT2D eigenvalue weighted by molar-refractivity contribution is 0.876. The van der Waals surface area contributed by atoms with E-state index in [0.717, 1.165) is 5.56 Å². The second-order valence-corrected chi connectivity index (χ2v) is 5.05. The van der Waals surface area contributed by atoms with E-state index in [1.807, 2.05) is 13.0 Å². The molecule has 6 heteroatoms. The van der Waals surface area contributed by atoms with E-state index in [0.29, 0.717) is 27.4 Å². The van der Waals surface area contributed by atoms with Crippen molar-refractivity contribution in [2.45, 2.75) is 13.0 Å². The molecular weight excluding hydrogens is 283 g/mol. The molecule has 0 bridgehead atoms. The predicted molar refractivity (Wildman–Crippen MR) is 81.6 cm³/mol. The van der Waals surface area contributed by atoms with Crippen molar-refractivity contribution in [3.05, 3.63) is 45.9 Å². The topological polar surface area (TPSA) is 77.0 Å². The third-order valence-electron chi connectivity index (χ3n) is 2.75. The van der Waals surface area contributed by atoms with Crippen molar-refractivity contribution in [3.63, 3.8) is 0 Å². The van der Waals surface area contributed by atoms with E-state index in [9.17, 15) is 0 Å². The molecule has 1 aromatic heterocycles. The molecule has 0 aliphatic rings. The number of pyridine rings is 1. The molecule has 4 nitrogen and oxygen atoms in total. The summed E-state index contributed by atoms with van der Waals surface area (Å²) in [5, 5.41) is 4.43. The van der Waals surface area contributed by atoms with Crippen molar-refractivity contribution < 1.29 is 0 Å². The molecule has 0 saturated heterocycles. The number of halogens is 2. The maximum atomic E-state index is 6.16. The molecule has 0 amide bonds. The van der Waals surface area contributed by atoms with Crippen LogP contribution in [0.3, 0.4) is 0 Å². The van der Waals surface area contributed by atoms with Crippen molar-refractivity contribution in [3.8, 4) is 0 Å². The average Bonchev–Trinajstić information content (AvgIpc) is 2.33. The first-order valence-electron chi connectivity index (χ1n) is 5.71. The first-order valence-corrected chi connectivity index (χ1v) is 6.46. The van der Waals surface area contributed by atoms with Gasteiger partial charge in [-0.2, -0.15) is 0 Å². The van der Waals surface area contributed by atoms with Gasteiger partial charge in [0.05, 0.1) is 11.7 Å². The lowest BCUT2D eigenvalue weighted by Gasteiger charge is -2.17. The molecule has 0 radical (unpaired) electrons. The zero-order valence-corrected chi connectivity index (χ0v) is 11.8. The summed E-state index contributed by atoms with van der Waals surface area (Å²) in [5.41, 5.74) is 12.7. The van der Waals surface area contributed by atoms with E-state index >= 15 is 0 Å². The third-order valence-corrected chi connectivity index (χ3v) is 3.31. The maximum absolute atomic E-state index is 6.16. The minimum atomic E-state index is -0.0275. The predicted octanol–water partition coefficient (Wildman–Crippen LogP) is 3.73. The highest BCUT2D eigenvalue weighted by Crippen LogP contribution is 2.28. The van der Waals surface area contributed by atoms with Gasteiger partial charge in [0.2, 0.25) is 0 Å². The monoisotopic (exact) mass is 296 g/mol. The Labute approximate surface area is 121 Å². The number of anilines is 3. The summed E-state index contributed by atoms with van der Waals surface area (Å²) < 4.78 is 0. The highest BCUT2D eigenvalue weighted by molar-refractivity contribution is 6.35. The van der Waals surface area contributed by atoms with Gasteiger partial charge in [0.25, 0.3) is 0 Å². The van der Waals surface area contributed by atoms with Crippen LogP contribution in [0.15, 0.2) is 30.3 Å². The summed E-state index contributed by atoms with van der Waals surface area (Å²) in [5.74, 6) is 0.949. The number of hydrogen-bond acceptors (Lipinski definition) is 4. The van der Waals surface area contributed by atoms with Gasteiger partial charge in [-0.25, -0.2) is 4.98 Å². The Morgan fingerprint density at radius 3 is 2.53 bits per heavy atom. The molecule has 1 unspecified atom stereocenters. The van der Waals surface area contributed by atoms with Crippen LogP contribution in [0.5, 0.6) is 0 Å². The fourth-order valence-corrected chi connectivity index (χ4v) is 2.29. The van der Waals surface area contributed by atoms with E-state index < -0.39 is 0 Å². The second kappa shape index (κ2) is 5.55. The molecule has 0 saturated carbocycles. The number of benzene rings is 1. The largest absolute Gasteiger partial charge is 0.396 e. The SMILES string of the molecule is CC(Nc1ccc(N)c(N)n1)c1ccc(Cl)cc1Cl. The molecule has 1 atom stereocenters. The number of aromatic nitrogens is 1. The van der Waals surface area contributed by atoms with Crippen LogP contribution in [0.4, 0.5) is 17.3 Å². The van der Waals surface area contributed by atoms with Crippen LogP contribution in [0.2, 0.25) is 10.0 Å². The van der Waals surface area contributed by atoms with Gasteiger partial charge < -0.3 is 16.8 Å². The summed E-state index contributed by atoms with van der Waals surface area (Å²) in [6.45, 7) is 1.98. The highest BCUT2D eigenvalue weighted by Gasteiger charge is 2.11. The molecule has 2 aromatic rings. The number of nitrogens with two attached hydrogens (primary N) is 2. The Kier molecular flexibility index (Phi) is 4.02. The quantitative estimate of drug-likeness (QED) is 0.806. The Morgan fingerprint density at radius 1 is 1.16 bits per heavy atom. The van der Waals surface area contributed by atoms with Gasteiger partial charge in [-0.1, -0.05) is 29.3 Å². The third kappa shape index (κ3) is 3.22. The van der Waals surface area contributed by atoms with E-state index in [2.05, 4.69) is 10.3 Å². The molecule has 1 heterocycles. The molecule has 100 valence electrons. The van der Waals surface area contributed by atoms with Crippen LogP contribution in [-0.2, 0) is 0 Å². The van der Waals surface area contributed by atoms with Gasteiger partial charge in [-0.05, 0) is 36.8 Å². The zero-order valence-electron chi connectivity index (χ0n) is 10.3. The molecular formula is C13H14Cl2N4. The van der Waals surface area contributed by atoms with Gasteiger partial charge in [0.15, 0.2) is 0 Å². The first-order chi connectivity index (χ1) is 8.97. The second-order valence-electron chi connectivity index (χ2n) is 4.20. The van der Waals surface area contributed by atoms with Crippen LogP contribution in [-0.4, -0.2) is 4.98 Å². The molecule has 0 aliphatic carbocycles. The number of hydrogen-bond donors (Lipinski definition) is 3. The van der Waals surface area contributed by atoms with Gasteiger partial charge in [-0.15, -0.1) is 0 Å². The lowest BCUT2D eigenvalue weighted by Crippen LogP contribution is -2.09. The van der Waals surface area contributed by atoms with Crippen molar-refractivity contribution >= 4 is 40.5 Å². The van der Waals surface area contributed by atoms with E-state index in [1.54, 1.807) is 24.3 Å². The van der Waals surface area contributed by atoms with Gasteiger partial charge in [0, 0.05) is 10.0 Å². The van der Waals surface area contributed by atoms with Crippen LogP contribution < -0.4 is 16.8 Å². The molecule has 5 N–H and O–H groups in total. The van der Waals surface area contributed by atoms with E-state index in [-0.39, 0.29) is 6.04 Å². The summed E-state index contributed by atoms with van der Waals surface area (Å²) in [4.78, 5) is 4.16. The molecule has 0 spiro atoms. The number of nitrogens with zero attached hydrogens (tertiary/aromatic N) is 1. The van der Waals surface area contributed by atoms with Crippen molar-refractivity contribution in [2.75, 3.05) is 16.8 Å². The van der Waals surface area contributed by atoms with Crippen LogP contribution >= 0.6 is 23.2 Å². The molecule has 0 aliphatic heterocycles. The summed E-state index contributed by atoms with van der Waals surface area (Å²) in [6.07, 6.45) is 0. The highest BCUT2D eigenvalue weighted by atomic mass is 35.5. The van der Waals surface area contributed by atoms with E-state index in [1.165, 1.54) is 0 Å². The smallest absolute Gasteiger partial charge is 0.149 e. The zero-order chi connectivity index (χ0) is 14.0. The van der Waals surface area contributed by atoms with Gasteiger partial charge in [-0.3, -0.25) is 0 Å². The Hall–Kier alpha value is -1.65. The summed E-state index contributed by atoms with van der Waals surface area (Å²) in [6, 6.07) is 8.84. The van der Waals surface area contributed by atoms with E-state index in [4.69, 9.17) is 34.7 Å². The Bertz CT molecular complexity index is 601. The number of nitrogens with one attached hydrogen (secondary N) is 1. The Morgan fingerprint density at radius 2 is 1.89 bits per heavy atom. The molecule has 1 aromatic carbocycles. The van der Waals surface area contributed by atoms with Crippen molar-refractivity contribution in [1.29, 1.82) is 0 Å². The summed E-state index contributed by atoms with van der Waals surface area (Å²) >= 11 is 12.0. The molecule has 19 heavy (non-hydrogen) atoms. The maximum Gasteiger partial charge on any atom is 0.149 e. The fourth-order valence-electron chi connectivity index (χ4n) is 1.72. The van der Waals surface area contributed by atoms with Crippen LogP contribution in [0.1, 0.15) is 18.5 Å². The van der Waals surface area contributed by atoms with Gasteiger partial charge >= 0.3 is 0 Å². The summed E-state index contributed by atoms with van der Waals surface area (Å²) in [7, 11) is 0. The molecule has 0 fully saturated rings. The first kappa shape index (κ1) is 13.8. The molecule has 2 rings (SSSR count). The number of rotatable bonds is 3. The standard InChI is InChI=1S/C13H14Cl2N4/c1-7(9-3-2-8(14)6-10(9)15)18-12-5-4-11(16)13(17)19-12/h2-7H,16H2,1H3,(H3,17,18,19). The van der Waals surface area contributed by atoms with Crippen LogP contribution in [0, 0.1) is 0 Å². The van der Waals surface area contributed by atoms with Crippen LogP contribution in [0.25, 0.3) is 0 Å². The normalized spacial score (nSPS) is 12.2. The minimum absolute atomic E-state index is 0.0275. The lowest BCUT2D eigenvalue weighted by atomic mass is 10.1. The Balaban J connectivity index is 2.20. The fraction of sp³-hybridized carbons (Fsp3) is 0.154. The van der Waals surface area contributed by atoms with Crippen molar-refractivity contribution in [1.82, 2.24) is 4.98 Å². The number of nitrogen functional groups attached to an aromatic ring is 2. The minimum Gasteiger partial charge on any atom is -0.396 e. The van der Waals surface area contributed by atoms with Gasteiger partial charge in [0.1, 0.15) is 11.6 Å². The average molecular weight is 297 g/mol. The van der Waals surface area contributed by atoms with Crippen molar-refractivity contribution in [2.24, 2.45) is 0 Å².